The first-order valence-corrected chi connectivity index (χ1v) is 6.24. The number of benzene rings is 2. The normalized spacial score (nSPS) is 16.2. The predicted molar refractivity (Wildman–Crippen MR) is 71.0 cm³/mol. The first-order chi connectivity index (χ1) is 8.34. The molecule has 0 bridgehead atoms. The highest BCUT2D eigenvalue weighted by molar-refractivity contribution is 8.04. The Morgan fingerprint density at radius 1 is 0.882 bits per heavy atom. The molecule has 2 aromatic carbocycles. The Morgan fingerprint density at radius 2 is 1.59 bits per heavy atom. The van der Waals surface area contributed by atoms with Crippen LogP contribution in [0.2, 0.25) is 0 Å². The molecule has 0 amide bonds. The summed E-state index contributed by atoms with van der Waals surface area (Å²) >= 11 is 1.55. The van der Waals surface area contributed by atoms with Crippen LogP contribution in [-0.2, 0) is 0 Å². The molecule has 2 aromatic rings. The Bertz CT molecular complexity index is 599. The van der Waals surface area contributed by atoms with Gasteiger partial charge in [0.25, 0.3) is 0 Å². The Balaban J connectivity index is 2.00. The van der Waals surface area contributed by atoms with Gasteiger partial charge in [0.05, 0.1) is 4.91 Å². The van der Waals surface area contributed by atoms with E-state index in [1.165, 1.54) is 0 Å². The van der Waals surface area contributed by atoms with Gasteiger partial charge in [-0.15, -0.1) is 0 Å². The van der Waals surface area contributed by atoms with Crippen molar-refractivity contribution in [2.75, 3.05) is 0 Å². The van der Waals surface area contributed by atoms with Gasteiger partial charge in [0.1, 0.15) is 0 Å². The van der Waals surface area contributed by atoms with Gasteiger partial charge < -0.3 is 0 Å². The number of Topliss-reactive ketones (excluding diaryl/α,β-unsaturated/α-hetero) is 1. The molecule has 3 rings (SSSR count). The van der Waals surface area contributed by atoms with E-state index in [0.29, 0.717) is 0 Å². The second-order valence-corrected chi connectivity index (χ2v) is 4.93. The van der Waals surface area contributed by atoms with Gasteiger partial charge in [-0.3, -0.25) is 4.79 Å². The van der Waals surface area contributed by atoms with E-state index in [1.807, 2.05) is 60.7 Å². The van der Waals surface area contributed by atoms with Crippen molar-refractivity contribution >= 4 is 23.6 Å². The Morgan fingerprint density at radius 3 is 2.35 bits per heavy atom. The molecular formula is C15H10OS. The van der Waals surface area contributed by atoms with Gasteiger partial charge in [-0.2, -0.15) is 0 Å². The van der Waals surface area contributed by atoms with Gasteiger partial charge in [-0.25, -0.2) is 0 Å². The standard InChI is InChI=1S/C15H10OS/c16-15-12-8-4-5-9-13(12)17-14(15)10-11-6-2-1-3-7-11/h1-10H. The molecule has 0 aromatic heterocycles. The fourth-order valence-corrected chi connectivity index (χ4v) is 2.89. The summed E-state index contributed by atoms with van der Waals surface area (Å²) in [6.45, 7) is 0. The molecule has 0 fully saturated rings. The zero-order valence-electron chi connectivity index (χ0n) is 9.09. The summed E-state index contributed by atoms with van der Waals surface area (Å²) in [7, 11) is 0. The molecule has 82 valence electrons. The maximum Gasteiger partial charge on any atom is 0.200 e. The Kier molecular flexibility index (Phi) is 2.57. The number of hydrogen-bond donors (Lipinski definition) is 0. The van der Waals surface area contributed by atoms with Crippen LogP contribution in [0.25, 0.3) is 6.08 Å². The lowest BCUT2D eigenvalue weighted by molar-refractivity contribution is 0.104. The molecule has 0 aliphatic carbocycles. The summed E-state index contributed by atoms with van der Waals surface area (Å²) in [5, 5.41) is 0. The molecule has 1 aliphatic heterocycles. The Hall–Kier alpha value is -1.80. The van der Waals surface area contributed by atoms with Crippen LogP contribution in [0.4, 0.5) is 0 Å². The van der Waals surface area contributed by atoms with Crippen LogP contribution >= 0.6 is 11.8 Å². The molecule has 0 spiro atoms. The average molecular weight is 238 g/mol. The van der Waals surface area contributed by atoms with Crippen molar-refractivity contribution in [3.63, 3.8) is 0 Å². The highest BCUT2D eigenvalue weighted by Gasteiger charge is 2.24. The number of carbonyl (C=O) groups excluding carboxylic acids is 1. The van der Waals surface area contributed by atoms with Crippen LogP contribution in [0, 0.1) is 0 Å². The van der Waals surface area contributed by atoms with Gasteiger partial charge in [0, 0.05) is 10.5 Å². The number of allylic oxidation sites excluding steroid dienone is 1. The molecule has 0 atom stereocenters. The summed E-state index contributed by atoms with van der Waals surface area (Å²) in [4.78, 5) is 14.0. The highest BCUT2D eigenvalue weighted by atomic mass is 32.2. The molecule has 0 saturated carbocycles. The minimum atomic E-state index is 0.134. The molecule has 2 heteroatoms. The van der Waals surface area contributed by atoms with Gasteiger partial charge >= 0.3 is 0 Å². The molecule has 1 aliphatic rings. The van der Waals surface area contributed by atoms with Crippen molar-refractivity contribution in [2.24, 2.45) is 0 Å². The monoisotopic (exact) mass is 238 g/mol. The van der Waals surface area contributed by atoms with Crippen LogP contribution in [0.15, 0.2) is 64.4 Å². The van der Waals surface area contributed by atoms with Gasteiger partial charge in [0.2, 0.25) is 5.78 Å². The fourth-order valence-electron chi connectivity index (χ4n) is 1.84. The van der Waals surface area contributed by atoms with Crippen molar-refractivity contribution in [2.45, 2.75) is 4.90 Å². The maximum absolute atomic E-state index is 12.1. The van der Waals surface area contributed by atoms with Gasteiger partial charge in [-0.05, 0) is 23.8 Å². The maximum atomic E-state index is 12.1. The number of thioether (sulfide) groups is 1. The van der Waals surface area contributed by atoms with Crippen LogP contribution < -0.4 is 0 Å². The first kappa shape index (κ1) is 10.4. The predicted octanol–water partition coefficient (Wildman–Crippen LogP) is 4.02. The molecule has 1 nitrogen and oxygen atoms in total. The van der Waals surface area contributed by atoms with Crippen molar-refractivity contribution < 1.29 is 4.79 Å². The van der Waals surface area contributed by atoms with Crippen LogP contribution in [0.5, 0.6) is 0 Å². The lowest BCUT2D eigenvalue weighted by Crippen LogP contribution is -1.93. The molecule has 0 N–H and O–H groups in total. The molecule has 0 unspecified atom stereocenters. The van der Waals surface area contributed by atoms with E-state index in [4.69, 9.17) is 0 Å². The molecule has 1 heterocycles. The van der Waals surface area contributed by atoms with Gasteiger partial charge in [0.15, 0.2) is 0 Å². The van der Waals surface area contributed by atoms with Crippen LogP contribution in [0.1, 0.15) is 15.9 Å². The highest BCUT2D eigenvalue weighted by Crippen LogP contribution is 2.40. The second-order valence-electron chi connectivity index (χ2n) is 3.85. The van der Waals surface area contributed by atoms with E-state index in [-0.39, 0.29) is 5.78 Å². The first-order valence-electron chi connectivity index (χ1n) is 5.43. The quantitative estimate of drug-likeness (QED) is 0.698. The number of carbonyl (C=O) groups is 1. The number of ketones is 1. The molecule has 17 heavy (non-hydrogen) atoms. The minimum Gasteiger partial charge on any atom is -0.288 e. The van der Waals surface area contributed by atoms with Crippen molar-refractivity contribution in [1.29, 1.82) is 0 Å². The SMILES string of the molecule is O=C1C(=Cc2ccccc2)Sc2ccccc21. The molecule has 0 saturated heterocycles. The third-order valence-electron chi connectivity index (χ3n) is 2.67. The topological polar surface area (TPSA) is 17.1 Å². The van der Waals surface area contributed by atoms with E-state index < -0.39 is 0 Å². The van der Waals surface area contributed by atoms with E-state index in [1.54, 1.807) is 11.8 Å². The summed E-state index contributed by atoms with van der Waals surface area (Å²) in [5.41, 5.74) is 1.89. The second kappa shape index (κ2) is 4.22. The fraction of sp³-hybridized carbons (Fsp3) is 0. The van der Waals surface area contributed by atoms with Crippen molar-refractivity contribution in [3.8, 4) is 0 Å². The smallest absolute Gasteiger partial charge is 0.200 e. The zero-order valence-corrected chi connectivity index (χ0v) is 9.91. The van der Waals surface area contributed by atoms with Crippen molar-refractivity contribution in [1.82, 2.24) is 0 Å². The molecular weight excluding hydrogens is 228 g/mol. The average Bonchev–Trinajstić information content (AvgIpc) is 2.68. The van der Waals surface area contributed by atoms with Crippen LogP contribution in [-0.4, -0.2) is 5.78 Å². The number of rotatable bonds is 1. The van der Waals surface area contributed by atoms with E-state index >= 15 is 0 Å². The third-order valence-corrected chi connectivity index (χ3v) is 3.77. The largest absolute Gasteiger partial charge is 0.288 e. The lowest BCUT2D eigenvalue weighted by atomic mass is 10.1. The number of fused-ring (bicyclic) bond motifs is 1. The lowest BCUT2D eigenvalue weighted by Gasteiger charge is -1.94. The summed E-state index contributed by atoms with van der Waals surface area (Å²) in [6.07, 6.45) is 1.95. The summed E-state index contributed by atoms with van der Waals surface area (Å²) < 4.78 is 0. The third kappa shape index (κ3) is 1.92. The zero-order chi connectivity index (χ0) is 11.7. The van der Waals surface area contributed by atoms with E-state index in [9.17, 15) is 4.79 Å². The van der Waals surface area contributed by atoms with E-state index in [2.05, 4.69) is 0 Å². The summed E-state index contributed by atoms with van der Waals surface area (Å²) in [5.74, 6) is 0.134. The minimum absolute atomic E-state index is 0.134. The summed E-state index contributed by atoms with van der Waals surface area (Å²) in [6, 6.07) is 17.7. The van der Waals surface area contributed by atoms with Crippen LogP contribution in [0.3, 0.4) is 0 Å². The molecule has 0 radical (unpaired) electrons. The van der Waals surface area contributed by atoms with Gasteiger partial charge in [-0.1, -0.05) is 54.2 Å². The Labute approximate surface area is 104 Å². The number of hydrogen-bond acceptors (Lipinski definition) is 2. The van der Waals surface area contributed by atoms with E-state index in [0.717, 1.165) is 20.9 Å². The van der Waals surface area contributed by atoms with Crippen molar-refractivity contribution in [3.05, 3.63) is 70.6 Å².